The zero-order valence-corrected chi connectivity index (χ0v) is 11.1. The lowest BCUT2D eigenvalue weighted by Gasteiger charge is -2.02. The first-order valence-corrected chi connectivity index (χ1v) is 7.49. The quantitative estimate of drug-likeness (QED) is 0.879. The molecule has 0 amide bonds. The second-order valence-corrected chi connectivity index (χ2v) is 6.95. The van der Waals surface area contributed by atoms with Crippen LogP contribution in [0.5, 0.6) is 0 Å². The number of imidazole rings is 1. The molecule has 0 aliphatic heterocycles. The average Bonchev–Trinajstić information content (AvgIpc) is 2.89. The molecule has 0 saturated carbocycles. The van der Waals surface area contributed by atoms with Gasteiger partial charge >= 0.3 is 0 Å². The van der Waals surface area contributed by atoms with Gasteiger partial charge in [0.15, 0.2) is 0 Å². The first kappa shape index (κ1) is 12.6. The van der Waals surface area contributed by atoms with Crippen LogP contribution in [0.1, 0.15) is 5.82 Å². The van der Waals surface area contributed by atoms with Crippen molar-refractivity contribution in [1.29, 1.82) is 0 Å². The number of aromatic nitrogens is 2. The molecule has 0 radical (unpaired) electrons. The number of rotatable bonds is 5. The Bertz CT molecular complexity index is 577. The number of hydrogen-bond donors (Lipinski definition) is 2. The third-order valence-electron chi connectivity index (χ3n) is 2.02. The highest BCUT2D eigenvalue weighted by molar-refractivity contribution is 7.91. The summed E-state index contributed by atoms with van der Waals surface area (Å²) in [5.41, 5.74) is 0. The van der Waals surface area contributed by atoms with Crippen molar-refractivity contribution in [2.24, 2.45) is 0 Å². The van der Waals surface area contributed by atoms with Crippen molar-refractivity contribution < 1.29 is 8.42 Å². The van der Waals surface area contributed by atoms with E-state index in [1.807, 2.05) is 0 Å². The molecule has 0 aromatic carbocycles. The van der Waals surface area contributed by atoms with Gasteiger partial charge in [0.2, 0.25) is 10.0 Å². The molecule has 2 rings (SSSR count). The molecule has 0 atom stereocenters. The smallest absolute Gasteiger partial charge is 0.250 e. The molecule has 0 unspecified atom stereocenters. The van der Waals surface area contributed by atoms with E-state index in [0.717, 1.165) is 17.2 Å². The average molecular weight is 292 g/mol. The lowest BCUT2D eigenvalue weighted by atomic mass is 10.4. The molecule has 0 saturated heterocycles. The molecule has 2 aromatic rings. The zero-order valence-electron chi connectivity index (χ0n) is 8.68. The SMILES string of the molecule is O=S(=O)(NCCc1ncc[nH]1)c1ccc(Cl)s1. The minimum Gasteiger partial charge on any atom is -0.349 e. The van der Waals surface area contributed by atoms with Gasteiger partial charge in [-0.3, -0.25) is 0 Å². The van der Waals surface area contributed by atoms with Gasteiger partial charge in [-0.1, -0.05) is 11.6 Å². The van der Waals surface area contributed by atoms with E-state index in [0.29, 0.717) is 17.3 Å². The van der Waals surface area contributed by atoms with Gasteiger partial charge in [0.05, 0.1) is 4.34 Å². The van der Waals surface area contributed by atoms with Gasteiger partial charge in [0, 0.05) is 25.4 Å². The lowest BCUT2D eigenvalue weighted by Crippen LogP contribution is -2.25. The lowest BCUT2D eigenvalue weighted by molar-refractivity contribution is 0.583. The second kappa shape index (κ2) is 5.18. The summed E-state index contributed by atoms with van der Waals surface area (Å²) in [5.74, 6) is 0.747. The first-order valence-electron chi connectivity index (χ1n) is 4.81. The largest absolute Gasteiger partial charge is 0.349 e. The highest BCUT2D eigenvalue weighted by Crippen LogP contribution is 2.25. The summed E-state index contributed by atoms with van der Waals surface area (Å²) in [6, 6.07) is 3.05. The molecule has 5 nitrogen and oxygen atoms in total. The van der Waals surface area contributed by atoms with Crippen molar-refractivity contribution in [3.63, 3.8) is 0 Å². The predicted octanol–water partition coefficient (Wildman–Crippen LogP) is 1.65. The molecule has 0 spiro atoms. The van der Waals surface area contributed by atoms with E-state index in [1.54, 1.807) is 18.5 Å². The van der Waals surface area contributed by atoms with Crippen LogP contribution < -0.4 is 4.72 Å². The minimum absolute atomic E-state index is 0.224. The summed E-state index contributed by atoms with van der Waals surface area (Å²) >= 11 is 6.73. The van der Waals surface area contributed by atoms with Gasteiger partial charge in [-0.25, -0.2) is 18.1 Å². The molecule has 2 aromatic heterocycles. The van der Waals surface area contributed by atoms with Crippen molar-refractivity contribution in [2.75, 3.05) is 6.54 Å². The van der Waals surface area contributed by atoms with Gasteiger partial charge in [-0.15, -0.1) is 11.3 Å². The van der Waals surface area contributed by atoms with Gasteiger partial charge in [-0.2, -0.15) is 0 Å². The Labute approximate surface area is 108 Å². The monoisotopic (exact) mass is 291 g/mol. The van der Waals surface area contributed by atoms with Crippen molar-refractivity contribution in [3.05, 3.63) is 34.7 Å². The van der Waals surface area contributed by atoms with Crippen LogP contribution >= 0.6 is 22.9 Å². The maximum Gasteiger partial charge on any atom is 0.250 e. The third kappa shape index (κ3) is 3.29. The molecule has 2 N–H and O–H groups in total. The molecule has 0 bridgehead atoms. The molecule has 92 valence electrons. The molecule has 0 aliphatic carbocycles. The van der Waals surface area contributed by atoms with E-state index in [1.165, 1.54) is 6.07 Å². The van der Waals surface area contributed by atoms with Crippen LogP contribution in [-0.2, 0) is 16.4 Å². The number of halogens is 1. The highest BCUT2D eigenvalue weighted by Gasteiger charge is 2.15. The number of hydrogen-bond acceptors (Lipinski definition) is 4. The normalized spacial score (nSPS) is 11.8. The number of aromatic amines is 1. The van der Waals surface area contributed by atoms with Crippen LogP contribution in [0.3, 0.4) is 0 Å². The summed E-state index contributed by atoms with van der Waals surface area (Å²) in [6.07, 6.45) is 3.84. The van der Waals surface area contributed by atoms with E-state index in [9.17, 15) is 8.42 Å². The van der Waals surface area contributed by atoms with Crippen molar-refractivity contribution in [1.82, 2.24) is 14.7 Å². The topological polar surface area (TPSA) is 74.8 Å². The maximum absolute atomic E-state index is 11.8. The van der Waals surface area contributed by atoms with E-state index >= 15 is 0 Å². The number of thiophene rings is 1. The Morgan fingerprint density at radius 2 is 2.29 bits per heavy atom. The fourth-order valence-corrected chi connectivity index (χ4v) is 3.81. The fraction of sp³-hybridized carbons (Fsp3) is 0.222. The van der Waals surface area contributed by atoms with Crippen molar-refractivity contribution in [2.45, 2.75) is 10.6 Å². The summed E-state index contributed by atoms with van der Waals surface area (Å²) in [7, 11) is -3.45. The molecule has 2 heterocycles. The number of nitrogens with zero attached hydrogens (tertiary/aromatic N) is 1. The molecular formula is C9H10ClN3O2S2. The Hall–Kier alpha value is -0.890. The predicted molar refractivity (Wildman–Crippen MR) is 66.8 cm³/mol. The number of H-pyrrole nitrogens is 1. The maximum atomic E-state index is 11.8. The molecule has 0 fully saturated rings. The minimum atomic E-state index is -3.45. The molecular weight excluding hydrogens is 282 g/mol. The van der Waals surface area contributed by atoms with Gasteiger partial charge in [-0.05, 0) is 12.1 Å². The van der Waals surface area contributed by atoms with Crippen LogP contribution in [0, 0.1) is 0 Å². The first-order chi connectivity index (χ1) is 8.08. The van der Waals surface area contributed by atoms with Gasteiger partial charge < -0.3 is 4.98 Å². The van der Waals surface area contributed by atoms with E-state index in [2.05, 4.69) is 14.7 Å². The van der Waals surface area contributed by atoms with Crippen LogP contribution in [0.4, 0.5) is 0 Å². The van der Waals surface area contributed by atoms with Gasteiger partial charge in [0.25, 0.3) is 0 Å². The van der Waals surface area contributed by atoms with Gasteiger partial charge in [0.1, 0.15) is 10.0 Å². The second-order valence-electron chi connectivity index (χ2n) is 3.24. The summed E-state index contributed by atoms with van der Waals surface area (Å²) < 4.78 is 26.7. The van der Waals surface area contributed by atoms with Crippen LogP contribution in [0.25, 0.3) is 0 Å². The summed E-state index contributed by atoms with van der Waals surface area (Å²) in [5, 5.41) is 0. The Balaban J connectivity index is 1.94. The fourth-order valence-electron chi connectivity index (χ4n) is 1.25. The van der Waals surface area contributed by atoms with E-state index < -0.39 is 10.0 Å². The zero-order chi connectivity index (χ0) is 12.3. The van der Waals surface area contributed by atoms with Crippen molar-refractivity contribution >= 4 is 33.0 Å². The van der Waals surface area contributed by atoms with E-state index in [4.69, 9.17) is 11.6 Å². The summed E-state index contributed by atoms with van der Waals surface area (Å²) in [6.45, 7) is 0.297. The van der Waals surface area contributed by atoms with Crippen LogP contribution in [0.2, 0.25) is 4.34 Å². The van der Waals surface area contributed by atoms with Crippen LogP contribution in [0.15, 0.2) is 28.7 Å². The van der Waals surface area contributed by atoms with Crippen LogP contribution in [-0.4, -0.2) is 24.9 Å². The number of sulfonamides is 1. The molecule has 0 aliphatic rings. The molecule has 8 heteroatoms. The summed E-state index contributed by atoms with van der Waals surface area (Å²) in [4.78, 5) is 6.91. The highest BCUT2D eigenvalue weighted by atomic mass is 35.5. The van der Waals surface area contributed by atoms with Crippen molar-refractivity contribution in [3.8, 4) is 0 Å². The molecule has 17 heavy (non-hydrogen) atoms. The Morgan fingerprint density at radius 1 is 1.47 bits per heavy atom. The Morgan fingerprint density at radius 3 is 2.88 bits per heavy atom. The number of nitrogens with one attached hydrogen (secondary N) is 2. The third-order valence-corrected chi connectivity index (χ3v) is 5.21. The Kier molecular flexibility index (Phi) is 3.82. The van der Waals surface area contributed by atoms with E-state index in [-0.39, 0.29) is 4.21 Å². The standard InChI is InChI=1S/C9H10ClN3O2S2/c10-7-1-2-9(16-7)17(14,15)13-4-3-8-11-5-6-12-8/h1-2,5-6,13H,3-4H2,(H,11,12).